The van der Waals surface area contributed by atoms with Crippen LogP contribution in [0.2, 0.25) is 0 Å². The van der Waals surface area contributed by atoms with Crippen LogP contribution in [0.3, 0.4) is 0 Å². The maximum Gasteiger partial charge on any atom is 0.0216 e. The fraction of sp³-hybridized carbons (Fsp3) is 1.00. The van der Waals surface area contributed by atoms with Crippen molar-refractivity contribution < 1.29 is 0 Å². The van der Waals surface area contributed by atoms with Crippen LogP contribution in [-0.2, 0) is 0 Å². The molecule has 1 fully saturated rings. The molecule has 96 valence electrons. The van der Waals surface area contributed by atoms with E-state index in [-0.39, 0.29) is 5.54 Å². The van der Waals surface area contributed by atoms with Gasteiger partial charge in [-0.15, -0.1) is 0 Å². The summed E-state index contributed by atoms with van der Waals surface area (Å²) in [4.78, 5) is 0. The van der Waals surface area contributed by atoms with Crippen molar-refractivity contribution in [1.82, 2.24) is 0 Å². The van der Waals surface area contributed by atoms with Crippen LogP contribution in [0.15, 0.2) is 0 Å². The van der Waals surface area contributed by atoms with E-state index in [1.54, 1.807) is 0 Å². The van der Waals surface area contributed by atoms with E-state index >= 15 is 0 Å². The Bertz CT molecular complexity index is 207. The first-order valence-electron chi connectivity index (χ1n) is 7.24. The third-order valence-corrected chi connectivity index (χ3v) is 4.91. The van der Waals surface area contributed by atoms with Crippen molar-refractivity contribution in [3.63, 3.8) is 0 Å². The summed E-state index contributed by atoms with van der Waals surface area (Å²) < 4.78 is 0. The lowest BCUT2D eigenvalue weighted by molar-refractivity contribution is 0.0532. The number of rotatable bonds is 4. The van der Waals surface area contributed by atoms with E-state index in [4.69, 9.17) is 5.73 Å². The van der Waals surface area contributed by atoms with E-state index in [2.05, 4.69) is 34.6 Å². The molecule has 0 aromatic heterocycles. The Morgan fingerprint density at radius 2 is 1.75 bits per heavy atom. The summed E-state index contributed by atoms with van der Waals surface area (Å²) in [5.74, 6) is 3.00. The normalized spacial score (nSPS) is 36.0. The molecule has 3 atom stereocenters. The molecule has 0 saturated heterocycles. The molecule has 0 heterocycles. The van der Waals surface area contributed by atoms with Gasteiger partial charge in [-0.1, -0.05) is 53.9 Å². The first-order chi connectivity index (χ1) is 7.45. The highest BCUT2D eigenvalue weighted by molar-refractivity contribution is 5.01. The van der Waals surface area contributed by atoms with Crippen molar-refractivity contribution in [2.45, 2.75) is 72.3 Å². The smallest absolute Gasteiger partial charge is 0.0216 e. The predicted molar refractivity (Wildman–Crippen MR) is 72.3 cm³/mol. The molecule has 1 rings (SSSR count). The Morgan fingerprint density at radius 1 is 1.19 bits per heavy atom. The van der Waals surface area contributed by atoms with E-state index < -0.39 is 0 Å². The summed E-state index contributed by atoms with van der Waals surface area (Å²) in [5, 5.41) is 0. The van der Waals surface area contributed by atoms with Gasteiger partial charge in [0.2, 0.25) is 0 Å². The van der Waals surface area contributed by atoms with E-state index in [0.29, 0.717) is 5.92 Å². The van der Waals surface area contributed by atoms with Gasteiger partial charge in [0.1, 0.15) is 0 Å². The minimum absolute atomic E-state index is 0.106. The maximum atomic E-state index is 6.86. The lowest BCUT2D eigenvalue weighted by Gasteiger charge is -2.50. The Balaban J connectivity index is 2.91. The maximum absolute atomic E-state index is 6.86. The largest absolute Gasteiger partial charge is 0.325 e. The summed E-state index contributed by atoms with van der Waals surface area (Å²) >= 11 is 0. The summed E-state index contributed by atoms with van der Waals surface area (Å²) in [7, 11) is 0. The number of hydrogen-bond acceptors (Lipinski definition) is 1. The zero-order valence-electron chi connectivity index (χ0n) is 11.9. The van der Waals surface area contributed by atoms with Crippen molar-refractivity contribution >= 4 is 0 Å². The molecule has 0 spiro atoms. The molecule has 0 aromatic carbocycles. The molecular formula is C15H31N. The molecular weight excluding hydrogens is 194 g/mol. The minimum atomic E-state index is 0.106. The average molecular weight is 225 g/mol. The highest BCUT2D eigenvalue weighted by Gasteiger charge is 2.44. The molecule has 3 unspecified atom stereocenters. The Labute approximate surface area is 102 Å². The van der Waals surface area contributed by atoms with Gasteiger partial charge in [-0.05, 0) is 36.5 Å². The van der Waals surface area contributed by atoms with Gasteiger partial charge >= 0.3 is 0 Å². The third-order valence-electron chi connectivity index (χ3n) is 4.91. The summed E-state index contributed by atoms with van der Waals surface area (Å²) in [6, 6.07) is 0. The fourth-order valence-electron chi connectivity index (χ4n) is 4.06. The van der Waals surface area contributed by atoms with Crippen molar-refractivity contribution in [3.8, 4) is 0 Å². The monoisotopic (exact) mass is 225 g/mol. The fourth-order valence-corrected chi connectivity index (χ4v) is 4.06. The predicted octanol–water partition coefficient (Wildman–Crippen LogP) is 4.21. The molecule has 0 amide bonds. The van der Waals surface area contributed by atoms with Crippen LogP contribution >= 0.6 is 0 Å². The number of hydrogen-bond donors (Lipinski definition) is 1. The zero-order valence-corrected chi connectivity index (χ0v) is 11.9. The third kappa shape index (κ3) is 2.61. The first-order valence-corrected chi connectivity index (χ1v) is 7.24. The van der Waals surface area contributed by atoms with Gasteiger partial charge < -0.3 is 5.73 Å². The summed E-state index contributed by atoms with van der Waals surface area (Å²) in [5.41, 5.74) is 6.97. The first kappa shape index (κ1) is 14.0. The van der Waals surface area contributed by atoms with Crippen LogP contribution in [0.1, 0.15) is 66.7 Å². The lowest BCUT2D eigenvalue weighted by Crippen LogP contribution is -2.57. The van der Waals surface area contributed by atoms with E-state index in [1.165, 1.54) is 32.1 Å². The van der Waals surface area contributed by atoms with Gasteiger partial charge in [0, 0.05) is 5.54 Å². The molecule has 0 aromatic rings. The van der Waals surface area contributed by atoms with Crippen molar-refractivity contribution in [2.24, 2.45) is 29.4 Å². The standard InChI is InChI=1S/C15H31N/c1-6-13(7-2)15(16)10-12(5)8-9-14(15)11(3)4/h11-14H,6-10,16H2,1-5H3. The molecule has 1 aliphatic rings. The Hall–Kier alpha value is -0.0400. The van der Waals surface area contributed by atoms with Crippen LogP contribution in [0.4, 0.5) is 0 Å². The molecule has 0 bridgehead atoms. The van der Waals surface area contributed by atoms with E-state index in [9.17, 15) is 0 Å². The van der Waals surface area contributed by atoms with Crippen LogP contribution in [0.5, 0.6) is 0 Å². The molecule has 2 N–H and O–H groups in total. The van der Waals surface area contributed by atoms with Gasteiger partial charge in [-0.2, -0.15) is 0 Å². The van der Waals surface area contributed by atoms with Gasteiger partial charge in [0.25, 0.3) is 0 Å². The van der Waals surface area contributed by atoms with E-state index in [0.717, 1.165) is 17.8 Å². The minimum Gasteiger partial charge on any atom is -0.325 e. The van der Waals surface area contributed by atoms with Crippen molar-refractivity contribution in [3.05, 3.63) is 0 Å². The average Bonchev–Trinajstić information content (AvgIpc) is 2.18. The highest BCUT2D eigenvalue weighted by Crippen LogP contribution is 2.45. The topological polar surface area (TPSA) is 26.0 Å². The molecule has 0 radical (unpaired) electrons. The summed E-state index contributed by atoms with van der Waals surface area (Å²) in [6.45, 7) is 11.7. The molecule has 1 saturated carbocycles. The Kier molecular flexibility index (Phi) is 4.85. The van der Waals surface area contributed by atoms with Crippen LogP contribution in [-0.4, -0.2) is 5.54 Å². The second-order valence-corrected chi connectivity index (χ2v) is 6.36. The summed E-state index contributed by atoms with van der Waals surface area (Å²) in [6.07, 6.45) is 6.43. The van der Waals surface area contributed by atoms with Gasteiger partial charge in [-0.25, -0.2) is 0 Å². The molecule has 16 heavy (non-hydrogen) atoms. The quantitative estimate of drug-likeness (QED) is 0.762. The molecule has 1 nitrogen and oxygen atoms in total. The van der Waals surface area contributed by atoms with Gasteiger partial charge in [0.05, 0.1) is 0 Å². The zero-order chi connectivity index (χ0) is 12.3. The number of nitrogens with two attached hydrogens (primary N) is 1. The van der Waals surface area contributed by atoms with Crippen LogP contribution < -0.4 is 5.73 Å². The molecule has 0 aliphatic heterocycles. The second-order valence-electron chi connectivity index (χ2n) is 6.36. The van der Waals surface area contributed by atoms with E-state index in [1.807, 2.05) is 0 Å². The second kappa shape index (κ2) is 5.53. The lowest BCUT2D eigenvalue weighted by atomic mass is 9.59. The van der Waals surface area contributed by atoms with Gasteiger partial charge in [-0.3, -0.25) is 0 Å². The SMILES string of the molecule is CCC(CC)C1(N)CC(C)CCC1C(C)C. The van der Waals surface area contributed by atoms with Crippen LogP contribution in [0.25, 0.3) is 0 Å². The van der Waals surface area contributed by atoms with Gasteiger partial charge in [0.15, 0.2) is 0 Å². The molecule has 1 aliphatic carbocycles. The van der Waals surface area contributed by atoms with Crippen molar-refractivity contribution in [1.29, 1.82) is 0 Å². The van der Waals surface area contributed by atoms with Crippen LogP contribution in [0, 0.1) is 23.7 Å². The highest BCUT2D eigenvalue weighted by atomic mass is 14.8. The Morgan fingerprint density at radius 3 is 2.19 bits per heavy atom. The molecule has 1 heteroatoms. The van der Waals surface area contributed by atoms with Crippen molar-refractivity contribution in [2.75, 3.05) is 0 Å².